The number of ether oxygens (including phenoxy) is 4. The van der Waals surface area contributed by atoms with Crippen LogP contribution in [-0.2, 0) is 16.0 Å². The number of aryl methyl sites for hydroxylation is 2. The number of carboxylic acid groups (broad SMARTS) is 1. The number of carbonyl (C=O) groups excluding carboxylic acids is 2. The van der Waals surface area contributed by atoms with Crippen LogP contribution < -0.4 is 40.3 Å². The molecule has 2 amide bonds. The van der Waals surface area contributed by atoms with E-state index >= 15 is 0 Å². The van der Waals surface area contributed by atoms with Gasteiger partial charge in [-0.1, -0.05) is 72.3 Å². The Morgan fingerprint density at radius 2 is 1.45 bits per heavy atom. The third-order valence-electron chi connectivity index (χ3n) is 11.2. The number of rotatable bonds is 9. The molecule has 0 spiro atoms. The second-order valence-corrected chi connectivity index (χ2v) is 15.8. The normalized spacial score (nSPS) is 14.4. The van der Waals surface area contributed by atoms with Gasteiger partial charge in [0.2, 0.25) is 23.3 Å². The van der Waals surface area contributed by atoms with E-state index in [1.165, 1.54) is 25.7 Å². The van der Waals surface area contributed by atoms with E-state index in [-0.39, 0.29) is 28.7 Å². The highest BCUT2D eigenvalue weighted by Gasteiger charge is 2.30. The van der Waals surface area contributed by atoms with Crippen LogP contribution in [0.1, 0.15) is 63.1 Å². The number of aliphatic imine (C=N–C) groups is 1. The van der Waals surface area contributed by atoms with Crippen LogP contribution in [0.15, 0.2) is 125 Å². The molecule has 15 heteroatoms. The van der Waals surface area contributed by atoms with Crippen molar-refractivity contribution < 1.29 is 43.5 Å². The van der Waals surface area contributed by atoms with Gasteiger partial charge >= 0.3 is 5.97 Å². The van der Waals surface area contributed by atoms with Gasteiger partial charge in [0, 0.05) is 34.3 Å². The summed E-state index contributed by atoms with van der Waals surface area (Å²) in [6.07, 6.45) is -0.165. The number of methoxy groups -OCH3 is 4. The van der Waals surface area contributed by atoms with Crippen LogP contribution >= 0.6 is 11.6 Å². The number of carboxylic acids is 1. The molecule has 6 aromatic carbocycles. The van der Waals surface area contributed by atoms with Crippen LogP contribution in [0.4, 0.5) is 17.1 Å². The fraction of sp³-hybridized carbons (Fsp3) is 0.212. The van der Waals surface area contributed by atoms with E-state index in [0.29, 0.717) is 63.3 Å². The van der Waals surface area contributed by atoms with Crippen molar-refractivity contribution in [1.29, 1.82) is 0 Å². The molecule has 14 nitrogen and oxygen atoms in total. The first-order valence-electron chi connectivity index (χ1n) is 21.1. The van der Waals surface area contributed by atoms with E-state index in [4.69, 9.17) is 35.7 Å². The zero-order chi connectivity index (χ0) is 48.4. The molecule has 67 heavy (non-hydrogen) atoms. The molecular formula is C52H51ClN4O10. The number of benzene rings is 5. The van der Waals surface area contributed by atoms with E-state index in [9.17, 15) is 24.3 Å². The Morgan fingerprint density at radius 3 is 2.12 bits per heavy atom. The van der Waals surface area contributed by atoms with Gasteiger partial charge < -0.3 is 45.1 Å². The summed E-state index contributed by atoms with van der Waals surface area (Å²) in [4.78, 5) is 51.5. The Labute approximate surface area is 393 Å². The lowest BCUT2D eigenvalue weighted by Gasteiger charge is -2.19. The lowest BCUT2D eigenvalue weighted by atomic mass is 9.95. The highest BCUT2D eigenvalue weighted by atomic mass is 35.5. The highest BCUT2D eigenvalue weighted by molar-refractivity contribution is 6.32. The lowest BCUT2D eigenvalue weighted by Crippen LogP contribution is -2.26. The van der Waals surface area contributed by atoms with E-state index in [2.05, 4.69) is 20.9 Å². The van der Waals surface area contributed by atoms with Crippen LogP contribution in [0, 0.1) is 13.8 Å². The van der Waals surface area contributed by atoms with Gasteiger partial charge in [-0.25, -0.2) is 9.79 Å². The van der Waals surface area contributed by atoms with E-state index in [1.54, 1.807) is 63.8 Å². The predicted octanol–water partition coefficient (Wildman–Crippen LogP) is 9.06. The largest absolute Gasteiger partial charge is 0.493 e. The third-order valence-corrected chi connectivity index (χ3v) is 11.4. The van der Waals surface area contributed by atoms with Crippen molar-refractivity contribution in [2.75, 3.05) is 39.1 Å². The van der Waals surface area contributed by atoms with Gasteiger partial charge in [0.1, 0.15) is 0 Å². The Hall–Kier alpha value is -7.68. The minimum Gasteiger partial charge on any atom is -0.493 e. The molecular weight excluding hydrogens is 876 g/mol. The number of halogens is 1. The van der Waals surface area contributed by atoms with Gasteiger partial charge in [0.15, 0.2) is 17.2 Å². The summed E-state index contributed by atoms with van der Waals surface area (Å²) < 4.78 is 22.0. The molecule has 1 unspecified atom stereocenters. The standard InChI is InChI=1S/C22H25NO6.C15H11ClN2O2.C15H15NO2/c1-12(24)23-16-8-6-13-10-19(27-3)21(28-4)22(29-5)20(13)14-7-9-18(26-2)17(25)11-15(14)16;16-10-6-7-12-11(8-10)13(9-4-2-1-3-5-9)18-15(20)14(19)17-12;1-10-6-5-9-13(11(10)2)16-14-8-4-3-7-12(14)15(17)18/h7,9-11,16H,6,8H2,1-5H3,(H,23,24);1-8,15,20H,(H,17,19);3-9,16H,1-2H3,(H,17,18)/t16-;;/m0../s1. The maximum atomic E-state index is 12.6. The second-order valence-electron chi connectivity index (χ2n) is 15.4. The topological polar surface area (TPSA) is 194 Å². The quantitative estimate of drug-likeness (QED) is 0.0929. The highest BCUT2D eigenvalue weighted by Crippen LogP contribution is 2.50. The molecule has 0 bridgehead atoms. The van der Waals surface area contributed by atoms with Gasteiger partial charge in [-0.2, -0.15) is 0 Å². The molecule has 346 valence electrons. The summed E-state index contributed by atoms with van der Waals surface area (Å²) in [7, 11) is 6.14. The first-order valence-corrected chi connectivity index (χ1v) is 21.5. The molecule has 0 fully saturated rings. The predicted molar refractivity (Wildman–Crippen MR) is 260 cm³/mol. The number of fused-ring (bicyclic) bond motifs is 4. The Kier molecular flexibility index (Phi) is 16.0. The van der Waals surface area contributed by atoms with Crippen molar-refractivity contribution in [3.8, 4) is 34.1 Å². The molecule has 1 aliphatic heterocycles. The van der Waals surface area contributed by atoms with E-state index < -0.39 is 18.1 Å². The molecule has 0 saturated carbocycles. The maximum absolute atomic E-state index is 12.6. The molecule has 0 saturated heterocycles. The molecule has 0 aromatic heterocycles. The molecule has 0 radical (unpaired) electrons. The monoisotopic (exact) mass is 926 g/mol. The molecule has 2 atom stereocenters. The number of hydrogen-bond donors (Lipinski definition) is 5. The Bertz CT molecular complexity index is 2910. The second kappa shape index (κ2) is 22.0. The lowest BCUT2D eigenvalue weighted by molar-refractivity contribution is -0.123. The number of hydrogen-bond acceptors (Lipinski definition) is 11. The van der Waals surface area contributed by atoms with Crippen LogP contribution in [0.3, 0.4) is 0 Å². The summed E-state index contributed by atoms with van der Waals surface area (Å²) in [5.74, 6) is 0.121. The SMILES string of the molecule is COc1cc2c(c(OC)c1OC)-c1ccc(OC)c(=O)cc1[C@@H](NC(C)=O)CC2.Cc1cccc(Nc2ccccc2C(=O)O)c1C.O=C1Nc2ccc(Cl)cc2C(c2ccccc2)=NC1O. The number of nitrogens with one attached hydrogen (secondary N) is 3. The number of amides is 2. The van der Waals surface area contributed by atoms with Gasteiger partial charge in [-0.15, -0.1) is 0 Å². The first-order chi connectivity index (χ1) is 32.2. The number of nitrogens with zero attached hydrogens (tertiary/aromatic N) is 1. The summed E-state index contributed by atoms with van der Waals surface area (Å²) in [6.45, 7) is 5.51. The number of benzodiazepines with no additional fused rings is 1. The zero-order valence-electron chi connectivity index (χ0n) is 38.0. The molecule has 1 aliphatic carbocycles. The van der Waals surface area contributed by atoms with Gasteiger partial charge in [-0.05, 0) is 109 Å². The smallest absolute Gasteiger partial charge is 0.337 e. The number of aliphatic hydroxyl groups is 1. The molecule has 2 aliphatic rings. The average Bonchev–Trinajstić information content (AvgIpc) is 3.63. The zero-order valence-corrected chi connectivity index (χ0v) is 38.8. The number of anilines is 3. The van der Waals surface area contributed by atoms with Gasteiger partial charge in [-0.3, -0.25) is 14.4 Å². The van der Waals surface area contributed by atoms with Crippen molar-refractivity contribution >= 4 is 52.2 Å². The summed E-state index contributed by atoms with van der Waals surface area (Å²) in [5, 5.41) is 28.2. The van der Waals surface area contributed by atoms with Crippen molar-refractivity contribution in [1.82, 2.24) is 5.32 Å². The van der Waals surface area contributed by atoms with Crippen molar-refractivity contribution in [3.63, 3.8) is 0 Å². The first kappa shape index (κ1) is 48.8. The van der Waals surface area contributed by atoms with E-state index in [0.717, 1.165) is 33.5 Å². The summed E-state index contributed by atoms with van der Waals surface area (Å²) >= 11 is 6.03. The number of aromatic carboxylic acids is 1. The summed E-state index contributed by atoms with van der Waals surface area (Å²) in [6, 6.07) is 33.9. The van der Waals surface area contributed by atoms with E-state index in [1.807, 2.05) is 80.6 Å². The number of para-hydroxylation sites is 1. The summed E-state index contributed by atoms with van der Waals surface area (Å²) in [5.41, 5.74) is 9.75. The number of aliphatic hydroxyl groups excluding tert-OH is 1. The molecule has 6 aromatic rings. The molecule has 8 rings (SSSR count). The van der Waals surface area contributed by atoms with Crippen molar-refractivity contribution in [2.24, 2.45) is 4.99 Å². The van der Waals surface area contributed by atoms with Crippen molar-refractivity contribution in [3.05, 3.63) is 169 Å². The van der Waals surface area contributed by atoms with Crippen LogP contribution in [0.5, 0.6) is 23.0 Å². The average molecular weight is 927 g/mol. The fourth-order valence-corrected chi connectivity index (χ4v) is 7.94. The molecule has 1 heterocycles. The minimum absolute atomic E-state index is 0.167. The van der Waals surface area contributed by atoms with Crippen LogP contribution in [-0.4, -0.2) is 68.4 Å². The third kappa shape index (κ3) is 11.2. The van der Waals surface area contributed by atoms with Gasteiger partial charge in [0.05, 0.1) is 57.1 Å². The van der Waals surface area contributed by atoms with Crippen LogP contribution in [0.25, 0.3) is 11.1 Å². The van der Waals surface area contributed by atoms with Crippen molar-refractivity contribution in [2.45, 2.75) is 45.9 Å². The Morgan fingerprint density at radius 1 is 0.761 bits per heavy atom. The fourth-order valence-electron chi connectivity index (χ4n) is 7.77. The van der Waals surface area contributed by atoms with Gasteiger partial charge in [0.25, 0.3) is 5.91 Å². The minimum atomic E-state index is -1.43. The van der Waals surface area contributed by atoms with Crippen LogP contribution in [0.2, 0.25) is 5.02 Å². The Balaban J connectivity index is 0.000000172. The number of carbonyl (C=O) groups is 3. The maximum Gasteiger partial charge on any atom is 0.337 e. The molecule has 5 N–H and O–H groups in total.